The van der Waals surface area contributed by atoms with Crippen molar-refractivity contribution >= 4 is 54.4 Å². The molecular weight excluding hydrogens is 524 g/mol. The zero-order chi connectivity index (χ0) is 28.3. The minimum Gasteiger partial charge on any atom is -0.456 e. The largest absolute Gasteiger partial charge is 0.456 e. The third-order valence-corrected chi connectivity index (χ3v) is 8.47. The molecule has 2 heterocycles. The molecule has 0 bridgehead atoms. The first kappa shape index (κ1) is 23.9. The monoisotopic (exact) mass is 548 g/mol. The Morgan fingerprint density at radius 1 is 0.419 bits per heavy atom. The van der Waals surface area contributed by atoms with E-state index in [2.05, 4.69) is 127 Å². The maximum Gasteiger partial charge on any atom is 0.160 e. The molecule has 0 saturated heterocycles. The Balaban J connectivity index is 1.26. The number of nitrogens with zero attached hydrogens (tertiary/aromatic N) is 2. The lowest BCUT2D eigenvalue weighted by Gasteiger charge is -2.13. The SMILES string of the molecule is c1ccc(-c2nc(-c3cccc(-c4cccc5c4ccc4oc6ccccc6c45)c3)nc3ccc4ccccc4c23)cc1. The molecule has 7 aromatic carbocycles. The molecule has 43 heavy (non-hydrogen) atoms. The van der Waals surface area contributed by atoms with E-state index in [1.807, 2.05) is 18.2 Å². The molecule has 2 aromatic heterocycles. The Bertz CT molecular complexity index is 2510. The van der Waals surface area contributed by atoms with Crippen LogP contribution in [-0.2, 0) is 0 Å². The van der Waals surface area contributed by atoms with E-state index < -0.39 is 0 Å². The van der Waals surface area contributed by atoms with E-state index in [9.17, 15) is 0 Å². The van der Waals surface area contributed by atoms with Crippen LogP contribution in [-0.4, -0.2) is 9.97 Å². The zero-order valence-electron chi connectivity index (χ0n) is 23.2. The number of hydrogen-bond donors (Lipinski definition) is 0. The lowest BCUT2D eigenvalue weighted by molar-refractivity contribution is 0.669. The number of benzene rings is 7. The minimum absolute atomic E-state index is 0.715. The molecule has 3 nitrogen and oxygen atoms in total. The predicted octanol–water partition coefficient (Wildman–Crippen LogP) is 10.8. The van der Waals surface area contributed by atoms with Crippen molar-refractivity contribution in [3.05, 3.63) is 146 Å². The van der Waals surface area contributed by atoms with Crippen LogP contribution in [0.3, 0.4) is 0 Å². The number of para-hydroxylation sites is 1. The van der Waals surface area contributed by atoms with Gasteiger partial charge in [0.05, 0.1) is 11.2 Å². The van der Waals surface area contributed by atoms with Crippen molar-refractivity contribution in [3.63, 3.8) is 0 Å². The summed E-state index contributed by atoms with van der Waals surface area (Å²) in [5.41, 5.74) is 8.05. The topological polar surface area (TPSA) is 38.9 Å². The normalized spacial score (nSPS) is 11.7. The fourth-order valence-electron chi connectivity index (χ4n) is 6.50. The van der Waals surface area contributed by atoms with Gasteiger partial charge in [-0.15, -0.1) is 0 Å². The Labute approximate surface area is 247 Å². The van der Waals surface area contributed by atoms with Crippen LogP contribution in [0.4, 0.5) is 0 Å². The molecule has 0 aliphatic rings. The van der Waals surface area contributed by atoms with Crippen LogP contribution >= 0.6 is 0 Å². The smallest absolute Gasteiger partial charge is 0.160 e. The number of aromatic nitrogens is 2. The van der Waals surface area contributed by atoms with Gasteiger partial charge in [-0.3, -0.25) is 0 Å². The van der Waals surface area contributed by atoms with Crippen molar-refractivity contribution in [2.45, 2.75) is 0 Å². The molecule has 9 rings (SSSR count). The second-order valence-corrected chi connectivity index (χ2v) is 11.0. The average molecular weight is 549 g/mol. The van der Waals surface area contributed by atoms with Gasteiger partial charge >= 0.3 is 0 Å². The zero-order valence-corrected chi connectivity index (χ0v) is 23.2. The molecule has 0 aliphatic heterocycles. The van der Waals surface area contributed by atoms with Crippen LogP contribution in [0.25, 0.3) is 88.2 Å². The maximum atomic E-state index is 6.18. The van der Waals surface area contributed by atoms with Gasteiger partial charge in [-0.1, -0.05) is 121 Å². The van der Waals surface area contributed by atoms with Crippen molar-refractivity contribution in [1.29, 1.82) is 0 Å². The highest BCUT2D eigenvalue weighted by Crippen LogP contribution is 2.39. The molecule has 3 heteroatoms. The number of hydrogen-bond acceptors (Lipinski definition) is 3. The Hall–Kier alpha value is -5.80. The van der Waals surface area contributed by atoms with Crippen molar-refractivity contribution in [3.8, 4) is 33.8 Å². The fraction of sp³-hybridized carbons (Fsp3) is 0. The Morgan fingerprint density at radius 2 is 1.16 bits per heavy atom. The third-order valence-electron chi connectivity index (χ3n) is 8.47. The molecule has 0 amide bonds. The molecule has 9 aromatic rings. The molecule has 0 N–H and O–H groups in total. The summed E-state index contributed by atoms with van der Waals surface area (Å²) in [5, 5.41) is 8.09. The van der Waals surface area contributed by atoms with Gasteiger partial charge in [0.15, 0.2) is 5.82 Å². The van der Waals surface area contributed by atoms with Crippen LogP contribution in [0.2, 0.25) is 0 Å². The van der Waals surface area contributed by atoms with E-state index in [1.54, 1.807) is 0 Å². The Morgan fingerprint density at radius 3 is 2.09 bits per heavy atom. The van der Waals surface area contributed by atoms with Crippen LogP contribution in [0, 0.1) is 0 Å². The summed E-state index contributed by atoms with van der Waals surface area (Å²) in [4.78, 5) is 10.4. The molecular formula is C40H24N2O. The van der Waals surface area contributed by atoms with Crippen molar-refractivity contribution in [2.24, 2.45) is 0 Å². The van der Waals surface area contributed by atoms with Crippen molar-refractivity contribution in [2.75, 3.05) is 0 Å². The van der Waals surface area contributed by atoms with Gasteiger partial charge in [-0.05, 0) is 56.9 Å². The summed E-state index contributed by atoms with van der Waals surface area (Å²) in [7, 11) is 0. The standard InChI is InChI=1S/C40H24N2O/c1-2-11-26(12-3-1)39-38-30-15-5-4-10-25(30)20-22-34(38)41-40(42-39)28-14-8-13-27(24-28)29-17-9-18-32-31(29)21-23-36-37(32)33-16-6-7-19-35(33)43-36/h1-24H. The van der Waals surface area contributed by atoms with Crippen molar-refractivity contribution in [1.82, 2.24) is 9.97 Å². The first-order chi connectivity index (χ1) is 21.3. The maximum absolute atomic E-state index is 6.18. The second kappa shape index (κ2) is 9.37. The summed E-state index contributed by atoms with van der Waals surface area (Å²) < 4.78 is 6.18. The summed E-state index contributed by atoms with van der Waals surface area (Å²) in [6, 6.07) is 50.8. The molecule has 0 radical (unpaired) electrons. The Kier molecular flexibility index (Phi) is 5.20. The van der Waals surface area contributed by atoms with Gasteiger partial charge in [0.25, 0.3) is 0 Å². The molecule has 0 fully saturated rings. The van der Waals surface area contributed by atoms with Crippen LogP contribution in [0.1, 0.15) is 0 Å². The van der Waals surface area contributed by atoms with E-state index in [0.29, 0.717) is 5.82 Å². The van der Waals surface area contributed by atoms with Gasteiger partial charge in [-0.25, -0.2) is 9.97 Å². The van der Waals surface area contributed by atoms with Gasteiger partial charge in [0.1, 0.15) is 11.2 Å². The lowest BCUT2D eigenvalue weighted by Crippen LogP contribution is -1.96. The van der Waals surface area contributed by atoms with Crippen LogP contribution in [0.15, 0.2) is 150 Å². The van der Waals surface area contributed by atoms with Crippen molar-refractivity contribution < 1.29 is 4.42 Å². The first-order valence-corrected chi connectivity index (χ1v) is 14.5. The quantitative estimate of drug-likeness (QED) is 0.206. The predicted molar refractivity (Wildman–Crippen MR) is 178 cm³/mol. The molecule has 200 valence electrons. The molecule has 0 aliphatic carbocycles. The highest BCUT2D eigenvalue weighted by atomic mass is 16.3. The lowest BCUT2D eigenvalue weighted by atomic mass is 9.94. The number of fused-ring (bicyclic) bond motifs is 8. The number of furan rings is 1. The molecule has 0 saturated carbocycles. The molecule has 0 atom stereocenters. The van der Waals surface area contributed by atoms with E-state index in [-0.39, 0.29) is 0 Å². The van der Waals surface area contributed by atoms with Gasteiger partial charge in [0, 0.05) is 27.3 Å². The summed E-state index contributed by atoms with van der Waals surface area (Å²) in [6.45, 7) is 0. The van der Waals surface area contributed by atoms with E-state index in [0.717, 1.165) is 60.6 Å². The summed E-state index contributed by atoms with van der Waals surface area (Å²) in [5.74, 6) is 0.715. The van der Waals surface area contributed by atoms with Gasteiger partial charge in [-0.2, -0.15) is 0 Å². The van der Waals surface area contributed by atoms with Gasteiger partial charge in [0.2, 0.25) is 0 Å². The highest BCUT2D eigenvalue weighted by Gasteiger charge is 2.16. The summed E-state index contributed by atoms with van der Waals surface area (Å²) >= 11 is 0. The van der Waals surface area contributed by atoms with Crippen LogP contribution < -0.4 is 0 Å². The molecule has 0 unspecified atom stereocenters. The fourth-order valence-corrected chi connectivity index (χ4v) is 6.50. The van der Waals surface area contributed by atoms with Crippen LogP contribution in [0.5, 0.6) is 0 Å². The minimum atomic E-state index is 0.715. The first-order valence-electron chi connectivity index (χ1n) is 14.5. The highest BCUT2D eigenvalue weighted by molar-refractivity contribution is 6.21. The third kappa shape index (κ3) is 3.75. The average Bonchev–Trinajstić information content (AvgIpc) is 3.47. The van der Waals surface area contributed by atoms with E-state index in [1.165, 1.54) is 21.7 Å². The number of rotatable bonds is 3. The van der Waals surface area contributed by atoms with E-state index in [4.69, 9.17) is 14.4 Å². The molecule has 0 spiro atoms. The van der Waals surface area contributed by atoms with E-state index >= 15 is 0 Å². The second-order valence-electron chi connectivity index (χ2n) is 11.0. The summed E-state index contributed by atoms with van der Waals surface area (Å²) in [6.07, 6.45) is 0. The van der Waals surface area contributed by atoms with Gasteiger partial charge < -0.3 is 4.42 Å².